The van der Waals surface area contributed by atoms with Crippen molar-refractivity contribution in [3.05, 3.63) is 30.4 Å². The lowest BCUT2D eigenvalue weighted by Gasteiger charge is -2.35. The second-order valence-electron chi connectivity index (χ2n) is 7.94. The maximum Gasteiger partial charge on any atom is 0.411 e. The summed E-state index contributed by atoms with van der Waals surface area (Å²) in [5.41, 5.74) is 0.393. The summed E-state index contributed by atoms with van der Waals surface area (Å²) in [4.78, 5) is 37.9. The molecule has 0 unspecified atom stereocenters. The van der Waals surface area contributed by atoms with Crippen molar-refractivity contribution >= 4 is 23.7 Å². The summed E-state index contributed by atoms with van der Waals surface area (Å²) in [5, 5.41) is 21.1. The number of carbonyl (C=O) groups is 3. The molecule has 0 aromatic heterocycles. The first kappa shape index (κ1) is 27.0. The number of unbranched alkanes of at least 4 members (excludes halogenated alkanes) is 2. The zero-order chi connectivity index (χ0) is 24.9. The summed E-state index contributed by atoms with van der Waals surface area (Å²) in [6.45, 7) is 4.18. The topological polar surface area (TPSA) is 135 Å². The number of carboxylic acids is 1. The van der Waals surface area contributed by atoms with Crippen molar-refractivity contribution in [1.29, 1.82) is 0 Å². The van der Waals surface area contributed by atoms with E-state index in [1.807, 2.05) is 0 Å². The van der Waals surface area contributed by atoms with Gasteiger partial charge in [-0.2, -0.15) is 0 Å². The Morgan fingerprint density at radius 2 is 2.00 bits per heavy atom. The molecule has 0 spiro atoms. The number of rotatable bonds is 13. The lowest BCUT2D eigenvalue weighted by Crippen LogP contribution is -2.45. The Kier molecular flexibility index (Phi) is 11.2. The molecule has 34 heavy (non-hydrogen) atoms. The van der Waals surface area contributed by atoms with Gasteiger partial charge in [0.2, 0.25) is 0 Å². The number of nitrogens with one attached hydrogen (secondary N) is 1. The van der Waals surface area contributed by atoms with Gasteiger partial charge >= 0.3 is 12.1 Å². The number of ether oxygens (including phenoxy) is 3. The minimum absolute atomic E-state index is 0.00365. The highest BCUT2D eigenvalue weighted by atomic mass is 16.5. The molecule has 10 nitrogen and oxygen atoms in total. The van der Waals surface area contributed by atoms with Crippen molar-refractivity contribution in [2.75, 3.05) is 38.8 Å². The fourth-order valence-corrected chi connectivity index (χ4v) is 3.74. The Labute approximate surface area is 199 Å². The van der Waals surface area contributed by atoms with Crippen molar-refractivity contribution in [2.45, 2.75) is 51.0 Å². The lowest BCUT2D eigenvalue weighted by molar-refractivity contribution is -0.137. The van der Waals surface area contributed by atoms with Crippen LogP contribution < -0.4 is 14.8 Å². The molecule has 1 aromatic rings. The average Bonchev–Trinajstić information content (AvgIpc) is 2.84. The number of hydrogen-bond acceptors (Lipinski definition) is 7. The van der Waals surface area contributed by atoms with E-state index in [4.69, 9.17) is 19.3 Å². The van der Waals surface area contributed by atoms with E-state index in [-0.39, 0.29) is 42.8 Å². The van der Waals surface area contributed by atoms with Crippen LogP contribution in [0.15, 0.2) is 24.8 Å². The predicted molar refractivity (Wildman–Crippen MR) is 126 cm³/mol. The fraction of sp³-hybridized carbons (Fsp3) is 0.542. The summed E-state index contributed by atoms with van der Waals surface area (Å²) in [6.07, 6.45) is 5.10. The minimum Gasteiger partial charge on any atom is -0.493 e. The number of anilines is 1. The van der Waals surface area contributed by atoms with E-state index in [2.05, 4.69) is 11.9 Å². The fourth-order valence-electron chi connectivity index (χ4n) is 3.74. The van der Waals surface area contributed by atoms with Gasteiger partial charge in [0.1, 0.15) is 6.61 Å². The van der Waals surface area contributed by atoms with E-state index < -0.39 is 12.1 Å². The molecule has 1 heterocycles. The quantitative estimate of drug-likeness (QED) is 0.290. The number of aliphatic hydroxyl groups excluding tert-OH is 1. The second kappa shape index (κ2) is 14.1. The van der Waals surface area contributed by atoms with Gasteiger partial charge in [-0.05, 0) is 44.6 Å². The molecule has 1 saturated heterocycles. The number of benzene rings is 1. The van der Waals surface area contributed by atoms with Crippen molar-refractivity contribution in [3.8, 4) is 11.5 Å². The number of carboxylic acid groups (broad SMARTS) is 1. The third-order valence-electron chi connectivity index (χ3n) is 5.49. The SMILES string of the molecule is C=CCOC(=O)Nc1cc(OCCCCCC(=O)O)c(OC)cc1C(=O)N1CCCC[C@H]1CO. The Morgan fingerprint density at radius 1 is 1.21 bits per heavy atom. The van der Waals surface area contributed by atoms with Crippen LogP contribution in [0.4, 0.5) is 10.5 Å². The predicted octanol–water partition coefficient (Wildman–Crippen LogP) is 3.44. The molecule has 188 valence electrons. The van der Waals surface area contributed by atoms with Crippen LogP contribution >= 0.6 is 0 Å². The number of nitrogens with zero attached hydrogens (tertiary/aromatic N) is 1. The van der Waals surface area contributed by atoms with Crippen LogP contribution in [0.1, 0.15) is 55.3 Å². The van der Waals surface area contributed by atoms with E-state index in [0.29, 0.717) is 50.3 Å². The first-order chi connectivity index (χ1) is 16.4. The largest absolute Gasteiger partial charge is 0.493 e. The Bertz CT molecular complexity index is 858. The number of aliphatic carboxylic acids is 1. The number of methoxy groups -OCH3 is 1. The molecule has 0 radical (unpaired) electrons. The molecule has 1 aliphatic rings. The molecule has 3 N–H and O–H groups in total. The molecule has 1 aliphatic heterocycles. The molecule has 0 bridgehead atoms. The zero-order valence-corrected chi connectivity index (χ0v) is 19.6. The summed E-state index contributed by atoms with van der Waals surface area (Å²) >= 11 is 0. The van der Waals surface area contributed by atoms with Crippen LogP contribution in [0, 0.1) is 0 Å². The molecule has 0 aliphatic carbocycles. The average molecular weight is 479 g/mol. The molecular weight excluding hydrogens is 444 g/mol. The van der Waals surface area contributed by atoms with Gasteiger partial charge in [-0.15, -0.1) is 0 Å². The Balaban J connectivity index is 2.26. The number of aliphatic hydroxyl groups is 1. The molecule has 0 saturated carbocycles. The number of hydrogen-bond donors (Lipinski definition) is 3. The normalized spacial score (nSPS) is 15.4. The summed E-state index contributed by atoms with van der Waals surface area (Å²) < 4.78 is 16.3. The number of carbonyl (C=O) groups excluding carboxylic acids is 2. The number of likely N-dealkylation sites (tertiary alicyclic amines) is 1. The van der Waals surface area contributed by atoms with Gasteiger partial charge in [0.05, 0.1) is 37.6 Å². The third-order valence-corrected chi connectivity index (χ3v) is 5.49. The van der Waals surface area contributed by atoms with E-state index in [1.54, 1.807) is 4.90 Å². The highest BCUT2D eigenvalue weighted by Crippen LogP contribution is 2.35. The van der Waals surface area contributed by atoms with Crippen LogP contribution in [0.25, 0.3) is 0 Å². The van der Waals surface area contributed by atoms with Crippen LogP contribution in [0.3, 0.4) is 0 Å². The van der Waals surface area contributed by atoms with Crippen LogP contribution in [-0.2, 0) is 9.53 Å². The van der Waals surface area contributed by atoms with Gasteiger partial charge in [-0.3, -0.25) is 14.9 Å². The Hall–Kier alpha value is -3.27. The van der Waals surface area contributed by atoms with Gasteiger partial charge in [-0.25, -0.2) is 4.79 Å². The zero-order valence-electron chi connectivity index (χ0n) is 19.6. The summed E-state index contributed by atoms with van der Waals surface area (Å²) in [7, 11) is 1.45. The second-order valence-corrected chi connectivity index (χ2v) is 7.94. The van der Waals surface area contributed by atoms with Gasteiger partial charge in [0.25, 0.3) is 5.91 Å². The smallest absolute Gasteiger partial charge is 0.411 e. The van der Waals surface area contributed by atoms with Crippen molar-refractivity contribution in [2.24, 2.45) is 0 Å². The van der Waals surface area contributed by atoms with E-state index in [0.717, 1.165) is 12.8 Å². The van der Waals surface area contributed by atoms with Crippen molar-refractivity contribution in [3.63, 3.8) is 0 Å². The van der Waals surface area contributed by atoms with Crippen molar-refractivity contribution < 1.29 is 38.8 Å². The van der Waals surface area contributed by atoms with Gasteiger partial charge in [0.15, 0.2) is 11.5 Å². The molecule has 1 atom stereocenters. The van der Waals surface area contributed by atoms with Gasteiger partial charge < -0.3 is 29.3 Å². The highest BCUT2D eigenvalue weighted by Gasteiger charge is 2.30. The maximum absolute atomic E-state index is 13.4. The first-order valence-corrected chi connectivity index (χ1v) is 11.4. The lowest BCUT2D eigenvalue weighted by atomic mass is 10.0. The molecule has 1 fully saturated rings. The van der Waals surface area contributed by atoms with E-state index >= 15 is 0 Å². The monoisotopic (exact) mass is 478 g/mol. The maximum atomic E-state index is 13.4. The third kappa shape index (κ3) is 7.95. The first-order valence-electron chi connectivity index (χ1n) is 11.4. The van der Waals surface area contributed by atoms with E-state index in [9.17, 15) is 19.5 Å². The van der Waals surface area contributed by atoms with Gasteiger partial charge in [-0.1, -0.05) is 12.7 Å². The van der Waals surface area contributed by atoms with E-state index in [1.165, 1.54) is 25.3 Å². The number of amides is 2. The van der Waals surface area contributed by atoms with Crippen molar-refractivity contribution in [1.82, 2.24) is 4.90 Å². The van der Waals surface area contributed by atoms with Crippen LogP contribution in [0.5, 0.6) is 11.5 Å². The molecule has 1 aromatic carbocycles. The van der Waals surface area contributed by atoms with Gasteiger partial charge in [0, 0.05) is 19.0 Å². The Morgan fingerprint density at radius 3 is 2.68 bits per heavy atom. The molecule has 2 amide bonds. The van der Waals surface area contributed by atoms with Crippen LogP contribution in [0.2, 0.25) is 0 Å². The summed E-state index contributed by atoms with van der Waals surface area (Å²) in [5.74, 6) is -0.527. The highest BCUT2D eigenvalue weighted by molar-refractivity contribution is 6.03. The molecule has 10 heteroatoms. The standard InChI is InChI=1S/C24H34N2O8/c1-3-12-34-24(31)25-19-15-21(33-13-8-4-5-10-22(28)29)20(32-2)14-18(19)23(30)26-11-7-6-9-17(26)16-27/h3,14-15,17,27H,1,4-13,16H2,2H3,(H,25,31)(H,28,29)/t17-/m0/s1. The number of piperidine rings is 1. The molecule has 2 rings (SSSR count). The van der Waals surface area contributed by atoms with Crippen LogP contribution in [-0.4, -0.2) is 72.6 Å². The minimum atomic E-state index is -0.834. The molecular formula is C24H34N2O8. The summed E-state index contributed by atoms with van der Waals surface area (Å²) in [6, 6.07) is 2.72.